The van der Waals surface area contributed by atoms with E-state index in [0.717, 1.165) is 0 Å². The van der Waals surface area contributed by atoms with Crippen LogP contribution in [0.5, 0.6) is 0 Å². The van der Waals surface area contributed by atoms with Crippen LogP contribution < -0.4 is 10.6 Å². The smallest absolute Gasteiger partial charge is 0.258 e. The molecule has 6 nitrogen and oxygen atoms in total. The third-order valence-corrected chi connectivity index (χ3v) is 3.01. The number of hydrogen-bond donors (Lipinski definition) is 3. The quantitative estimate of drug-likeness (QED) is 0.642. The molecule has 0 radical (unpaired) electrons. The van der Waals surface area contributed by atoms with Crippen molar-refractivity contribution in [2.24, 2.45) is 5.73 Å². The Morgan fingerprint density at radius 3 is 2.72 bits per heavy atom. The topological polar surface area (TPSA) is 104 Å². The summed E-state index contributed by atoms with van der Waals surface area (Å²) in [7, 11) is 0. The number of carbonyl (C=O) groups excluding carboxylic acids is 2. The summed E-state index contributed by atoms with van der Waals surface area (Å²) in [4.78, 5) is 24.1. The van der Waals surface area contributed by atoms with Crippen LogP contribution in [0.25, 0.3) is 0 Å². The van der Waals surface area contributed by atoms with Crippen LogP contribution in [-0.4, -0.2) is 40.3 Å². The van der Waals surface area contributed by atoms with Crippen LogP contribution in [0.1, 0.15) is 17.3 Å². The van der Waals surface area contributed by atoms with Crippen LogP contribution >= 0.6 is 0 Å². The minimum Gasteiger partial charge on any atom is -0.385 e. The molecule has 1 heterocycles. The van der Waals surface area contributed by atoms with Gasteiger partial charge in [0, 0.05) is 11.3 Å². The predicted molar refractivity (Wildman–Crippen MR) is 63.9 cm³/mol. The number of nitrogens with zero attached hydrogens (tertiary/aromatic N) is 1. The minimum absolute atomic E-state index is 0.0325. The van der Waals surface area contributed by atoms with Gasteiger partial charge in [0.2, 0.25) is 5.91 Å². The zero-order valence-electron chi connectivity index (χ0n) is 9.83. The van der Waals surface area contributed by atoms with Gasteiger partial charge in [-0.05, 0) is 25.1 Å². The van der Waals surface area contributed by atoms with Gasteiger partial charge in [0.1, 0.15) is 5.60 Å². The highest BCUT2D eigenvalue weighted by atomic mass is 16.4. The van der Waals surface area contributed by atoms with Crippen molar-refractivity contribution in [3.63, 3.8) is 0 Å². The zero-order valence-corrected chi connectivity index (χ0v) is 9.83. The number of carbonyl (C=O) groups is 2. The summed E-state index contributed by atoms with van der Waals surface area (Å²) in [5.74, 6) is -1.20. The lowest BCUT2D eigenvalue weighted by Gasteiger charge is -2.19. The molecule has 2 atom stereocenters. The van der Waals surface area contributed by atoms with Gasteiger partial charge in [-0.2, -0.15) is 0 Å². The van der Waals surface area contributed by atoms with Gasteiger partial charge in [0.15, 0.2) is 6.10 Å². The van der Waals surface area contributed by atoms with Gasteiger partial charge in [-0.1, -0.05) is 6.07 Å². The van der Waals surface area contributed by atoms with E-state index >= 15 is 0 Å². The first-order chi connectivity index (χ1) is 8.33. The summed E-state index contributed by atoms with van der Waals surface area (Å²) < 4.78 is 0. The van der Waals surface area contributed by atoms with Crippen molar-refractivity contribution >= 4 is 17.5 Å². The number of benzene rings is 1. The summed E-state index contributed by atoms with van der Waals surface area (Å²) in [6.07, 6.45) is -1.46. The van der Waals surface area contributed by atoms with Crippen molar-refractivity contribution in [2.75, 3.05) is 11.4 Å². The molecule has 1 aliphatic rings. The molecule has 2 rings (SSSR count). The first-order valence-electron chi connectivity index (χ1n) is 5.44. The molecular formula is C12H14N2O4. The fourth-order valence-corrected chi connectivity index (χ4v) is 1.94. The Morgan fingerprint density at radius 1 is 1.56 bits per heavy atom. The van der Waals surface area contributed by atoms with Gasteiger partial charge in [-0.3, -0.25) is 9.59 Å². The molecule has 1 aromatic rings. The number of nitrogens with two attached hydrogens (primary N) is 1. The highest BCUT2D eigenvalue weighted by Gasteiger charge is 2.47. The first-order valence-corrected chi connectivity index (χ1v) is 5.44. The maximum atomic E-state index is 11.8. The predicted octanol–water partition coefficient (Wildman–Crippen LogP) is -0.756. The minimum atomic E-state index is -1.50. The maximum Gasteiger partial charge on any atom is 0.258 e. The summed E-state index contributed by atoms with van der Waals surface area (Å²) in [5.41, 5.74) is 4.34. The van der Waals surface area contributed by atoms with Crippen molar-refractivity contribution in [2.45, 2.75) is 18.6 Å². The van der Waals surface area contributed by atoms with E-state index in [1.165, 1.54) is 24.0 Å². The summed E-state index contributed by atoms with van der Waals surface area (Å²) in [5, 5.41) is 19.4. The zero-order chi connectivity index (χ0) is 13.5. The molecule has 0 aromatic heterocycles. The molecule has 6 heteroatoms. The Bertz CT molecular complexity index is 513. The number of hydrogen-bond acceptors (Lipinski definition) is 4. The monoisotopic (exact) mass is 250 g/mol. The Hall–Kier alpha value is -1.92. The van der Waals surface area contributed by atoms with Crippen LogP contribution in [0, 0.1) is 0 Å². The van der Waals surface area contributed by atoms with E-state index in [-0.39, 0.29) is 12.1 Å². The van der Waals surface area contributed by atoms with E-state index in [1.807, 2.05) is 0 Å². The number of aliphatic hydroxyl groups excluding tert-OH is 1. The number of primary amides is 1. The third kappa shape index (κ3) is 1.96. The Kier molecular flexibility index (Phi) is 2.84. The van der Waals surface area contributed by atoms with Crippen molar-refractivity contribution < 1.29 is 19.8 Å². The second-order valence-corrected chi connectivity index (χ2v) is 4.60. The number of rotatable bonds is 2. The average Bonchev–Trinajstić information content (AvgIpc) is 2.53. The standard InChI is InChI=1S/C12H14N2O4/c1-12(18)6-14(11(17)9(12)15)8-4-2-3-7(5-8)10(13)16/h2-5,9,15,18H,6H2,1H3,(H2,13,16)/t9-,12+/m0/s1. The number of β-amino-alcohol motifs (C(OH)–C–C–N with tert-alkyl or cyclic N) is 1. The van der Waals surface area contributed by atoms with Gasteiger partial charge in [-0.15, -0.1) is 0 Å². The molecule has 18 heavy (non-hydrogen) atoms. The van der Waals surface area contributed by atoms with Gasteiger partial charge >= 0.3 is 0 Å². The number of aliphatic hydroxyl groups is 2. The molecule has 4 N–H and O–H groups in total. The normalized spacial score (nSPS) is 27.6. The molecule has 1 aliphatic heterocycles. The van der Waals surface area contributed by atoms with Crippen LogP contribution in [-0.2, 0) is 4.79 Å². The number of amides is 2. The fourth-order valence-electron chi connectivity index (χ4n) is 1.94. The van der Waals surface area contributed by atoms with Crippen molar-refractivity contribution in [1.29, 1.82) is 0 Å². The van der Waals surface area contributed by atoms with Crippen LogP contribution in [0.3, 0.4) is 0 Å². The first kappa shape index (κ1) is 12.5. The van der Waals surface area contributed by atoms with E-state index in [9.17, 15) is 19.8 Å². The van der Waals surface area contributed by atoms with E-state index in [0.29, 0.717) is 5.69 Å². The highest BCUT2D eigenvalue weighted by Crippen LogP contribution is 2.28. The molecule has 2 amide bonds. The lowest BCUT2D eigenvalue weighted by Crippen LogP contribution is -2.39. The molecule has 0 spiro atoms. The second kappa shape index (κ2) is 4.08. The van der Waals surface area contributed by atoms with E-state index in [2.05, 4.69) is 0 Å². The summed E-state index contributed by atoms with van der Waals surface area (Å²) in [6, 6.07) is 6.18. The van der Waals surface area contributed by atoms with Crippen molar-refractivity contribution in [1.82, 2.24) is 0 Å². The van der Waals surface area contributed by atoms with Crippen molar-refractivity contribution in [3.8, 4) is 0 Å². The largest absolute Gasteiger partial charge is 0.385 e. The van der Waals surface area contributed by atoms with Crippen LogP contribution in [0.4, 0.5) is 5.69 Å². The lowest BCUT2D eigenvalue weighted by atomic mass is 10.0. The second-order valence-electron chi connectivity index (χ2n) is 4.60. The summed E-state index contributed by atoms with van der Waals surface area (Å²) >= 11 is 0. The van der Waals surface area contributed by atoms with Gasteiger partial charge in [0.25, 0.3) is 5.91 Å². The Morgan fingerprint density at radius 2 is 2.22 bits per heavy atom. The SMILES string of the molecule is C[C@@]1(O)CN(c2cccc(C(N)=O)c2)C(=O)[C@@H]1O. The van der Waals surface area contributed by atoms with Gasteiger partial charge < -0.3 is 20.8 Å². The number of anilines is 1. The van der Waals surface area contributed by atoms with E-state index < -0.39 is 23.5 Å². The average molecular weight is 250 g/mol. The van der Waals surface area contributed by atoms with Crippen LogP contribution in [0.2, 0.25) is 0 Å². The molecule has 1 aromatic carbocycles. The molecule has 1 saturated heterocycles. The Labute approximate surface area is 104 Å². The molecule has 0 unspecified atom stereocenters. The van der Waals surface area contributed by atoms with Crippen molar-refractivity contribution in [3.05, 3.63) is 29.8 Å². The fraction of sp³-hybridized carbons (Fsp3) is 0.333. The van der Waals surface area contributed by atoms with Gasteiger partial charge in [-0.25, -0.2) is 0 Å². The molecule has 1 fully saturated rings. The Balaban J connectivity index is 2.36. The lowest BCUT2D eigenvalue weighted by molar-refractivity contribution is -0.130. The van der Waals surface area contributed by atoms with E-state index in [1.54, 1.807) is 12.1 Å². The molecule has 96 valence electrons. The third-order valence-electron chi connectivity index (χ3n) is 3.01. The summed E-state index contributed by atoms with van der Waals surface area (Å²) in [6.45, 7) is 1.35. The molecule has 0 bridgehead atoms. The highest BCUT2D eigenvalue weighted by molar-refractivity contribution is 6.01. The molecule has 0 saturated carbocycles. The molecular weight excluding hydrogens is 236 g/mol. The maximum absolute atomic E-state index is 11.8. The van der Waals surface area contributed by atoms with Crippen LogP contribution in [0.15, 0.2) is 24.3 Å². The van der Waals surface area contributed by atoms with Gasteiger partial charge in [0.05, 0.1) is 6.54 Å². The molecule has 0 aliphatic carbocycles. The van der Waals surface area contributed by atoms with E-state index in [4.69, 9.17) is 5.73 Å².